The van der Waals surface area contributed by atoms with Crippen molar-refractivity contribution in [1.82, 2.24) is 25.4 Å². The number of aromatic amines is 1. The van der Waals surface area contributed by atoms with E-state index in [9.17, 15) is 24.6 Å². The summed E-state index contributed by atoms with van der Waals surface area (Å²) in [5, 5.41) is 31.1. The van der Waals surface area contributed by atoms with Gasteiger partial charge in [-0.05, 0) is 77.3 Å². The number of aryl methyl sites for hydroxylation is 1. The molecule has 58 heavy (non-hydrogen) atoms. The van der Waals surface area contributed by atoms with Gasteiger partial charge in [-0.1, -0.05) is 24.3 Å². The molecule has 3 aromatic carbocycles. The number of aromatic nitrogens is 1. The number of likely N-dealkylation sites (N-methyl/N-ethyl adjacent to an activating group) is 1. The number of phenols is 1. The number of fused-ring (bicyclic) bond motifs is 10. The molecule has 5 N–H and O–H groups in total. The van der Waals surface area contributed by atoms with Crippen LogP contribution >= 0.6 is 0 Å². The van der Waals surface area contributed by atoms with Crippen molar-refractivity contribution in [2.24, 2.45) is 0 Å². The first-order valence-electron chi connectivity index (χ1n) is 19.6. The van der Waals surface area contributed by atoms with Crippen LogP contribution in [0.15, 0.2) is 36.5 Å². The summed E-state index contributed by atoms with van der Waals surface area (Å²) < 4.78 is 29.3. The molecular weight excluding hydrogens is 746 g/mol. The molecule has 15 heteroatoms. The van der Waals surface area contributed by atoms with Gasteiger partial charge in [-0.3, -0.25) is 19.4 Å². The van der Waals surface area contributed by atoms with Crippen molar-refractivity contribution < 1.29 is 48.3 Å². The first-order valence-corrected chi connectivity index (χ1v) is 19.6. The van der Waals surface area contributed by atoms with Crippen LogP contribution in [-0.4, -0.2) is 100 Å². The largest absolute Gasteiger partial charge is 0.504 e. The van der Waals surface area contributed by atoms with Crippen molar-refractivity contribution in [3.8, 4) is 28.7 Å². The number of alkyl carbamates (subject to hydrolysis) is 1. The summed E-state index contributed by atoms with van der Waals surface area (Å²) in [4.78, 5) is 47.7. The third kappa shape index (κ3) is 6.64. The Labute approximate surface area is 336 Å². The zero-order chi connectivity index (χ0) is 41.4. The van der Waals surface area contributed by atoms with Crippen LogP contribution in [0.25, 0.3) is 10.9 Å². The van der Waals surface area contributed by atoms with E-state index in [4.69, 9.17) is 23.7 Å². The fourth-order valence-corrected chi connectivity index (χ4v) is 9.62. The number of H-pyrrole nitrogens is 1. The van der Waals surface area contributed by atoms with Gasteiger partial charge in [-0.15, -0.1) is 0 Å². The first kappa shape index (κ1) is 39.3. The first-order chi connectivity index (χ1) is 27.6. The molecule has 0 aliphatic carbocycles. The summed E-state index contributed by atoms with van der Waals surface area (Å²) in [6.45, 7) is 10.2. The van der Waals surface area contributed by atoms with E-state index in [1.807, 2.05) is 55.4 Å². The number of nitrogens with one attached hydrogen (secondary N) is 3. The average molecular weight is 798 g/mol. The molecule has 6 atom stereocenters. The van der Waals surface area contributed by atoms with Crippen LogP contribution in [-0.2, 0) is 33.6 Å². The quantitative estimate of drug-likeness (QED) is 0.124. The van der Waals surface area contributed by atoms with E-state index < -0.39 is 60.0 Å². The van der Waals surface area contributed by atoms with Crippen molar-refractivity contribution >= 4 is 28.9 Å². The smallest absolute Gasteiger partial charge is 0.408 e. The molecule has 0 spiro atoms. The molecular formula is C43H51N5O10. The van der Waals surface area contributed by atoms with Gasteiger partial charge >= 0.3 is 12.1 Å². The normalized spacial score (nSPS) is 22.7. The Hall–Kier alpha value is -5.51. The van der Waals surface area contributed by atoms with Crippen LogP contribution in [0.2, 0.25) is 0 Å². The molecule has 5 heterocycles. The number of benzene rings is 3. The van der Waals surface area contributed by atoms with Crippen LogP contribution in [0.5, 0.6) is 28.7 Å². The van der Waals surface area contributed by atoms with E-state index >= 15 is 0 Å². The summed E-state index contributed by atoms with van der Waals surface area (Å²) in [7, 11) is 3.46. The van der Waals surface area contributed by atoms with Gasteiger partial charge in [-0.25, -0.2) is 4.79 Å². The number of rotatable bonds is 8. The van der Waals surface area contributed by atoms with Crippen LogP contribution in [0, 0.1) is 13.8 Å². The number of amides is 2. The molecule has 4 aliphatic heterocycles. The third-order valence-electron chi connectivity index (χ3n) is 11.9. The van der Waals surface area contributed by atoms with Crippen molar-refractivity contribution in [3.63, 3.8) is 0 Å². The van der Waals surface area contributed by atoms with Gasteiger partial charge in [-0.2, -0.15) is 0 Å². The maximum absolute atomic E-state index is 14.5. The highest BCUT2D eigenvalue weighted by atomic mass is 16.7. The molecule has 308 valence electrons. The maximum atomic E-state index is 14.5. The number of aliphatic hydroxyl groups excluding tert-OH is 1. The number of aliphatic hydroxyl groups is 1. The van der Waals surface area contributed by atoms with Gasteiger partial charge in [0.15, 0.2) is 23.0 Å². The lowest BCUT2D eigenvalue weighted by Gasteiger charge is -2.60. The highest BCUT2D eigenvalue weighted by Gasteiger charge is 2.56. The number of piperazine rings is 1. The zero-order valence-corrected chi connectivity index (χ0v) is 34.0. The molecule has 1 fully saturated rings. The minimum atomic E-state index is -1.05. The molecule has 0 saturated carbocycles. The second-order valence-corrected chi connectivity index (χ2v) is 16.7. The Morgan fingerprint density at radius 2 is 1.79 bits per heavy atom. The SMILES string of the molecule is COc1c(C)cc2c(c1O)[C@@H]1C3Cc4c(OC(C)=O)c(C)c5c(c4[C@H](CNC(=O)[C@H](Cc4c[nH]c6ccccc46)NC(=O)OC(C)(C)C)N3[C@@H](O)[C@@H](C2)N1C)OCO5. The number of aromatic hydroxyl groups is 1. The molecule has 1 saturated heterocycles. The molecule has 4 aromatic rings. The highest BCUT2D eigenvalue weighted by molar-refractivity contribution is 5.88. The predicted molar refractivity (Wildman–Crippen MR) is 212 cm³/mol. The highest BCUT2D eigenvalue weighted by Crippen LogP contribution is 2.58. The number of methoxy groups -OCH3 is 1. The minimum Gasteiger partial charge on any atom is -0.504 e. The topological polar surface area (TPSA) is 184 Å². The summed E-state index contributed by atoms with van der Waals surface area (Å²) in [6, 6.07) is 6.58. The summed E-state index contributed by atoms with van der Waals surface area (Å²) in [6.07, 6.45) is 0.918. The maximum Gasteiger partial charge on any atom is 0.408 e. The Balaban J connectivity index is 1.22. The number of phenolic OH excluding ortho intramolecular Hbond substituents is 1. The van der Waals surface area contributed by atoms with Gasteiger partial charge < -0.3 is 49.5 Å². The number of ether oxygens (including phenoxy) is 5. The lowest BCUT2D eigenvalue weighted by Crippen LogP contribution is -2.69. The Morgan fingerprint density at radius 1 is 1.05 bits per heavy atom. The van der Waals surface area contributed by atoms with Crippen molar-refractivity contribution in [3.05, 3.63) is 75.5 Å². The molecule has 4 aliphatic rings. The second-order valence-electron chi connectivity index (χ2n) is 16.7. The van der Waals surface area contributed by atoms with Gasteiger partial charge in [0.2, 0.25) is 12.7 Å². The van der Waals surface area contributed by atoms with Crippen molar-refractivity contribution in [2.75, 3.05) is 27.5 Å². The van der Waals surface area contributed by atoms with Crippen LogP contribution in [0.1, 0.15) is 78.7 Å². The number of esters is 1. The van der Waals surface area contributed by atoms with Gasteiger partial charge in [0.05, 0.1) is 25.2 Å². The zero-order valence-electron chi connectivity index (χ0n) is 34.0. The van der Waals surface area contributed by atoms with Gasteiger partial charge in [0, 0.05) is 65.3 Å². The number of hydrogen-bond acceptors (Lipinski definition) is 12. The van der Waals surface area contributed by atoms with E-state index in [0.717, 1.165) is 27.6 Å². The molecule has 2 amide bonds. The number of hydrogen-bond donors (Lipinski definition) is 5. The Bertz CT molecular complexity index is 2320. The van der Waals surface area contributed by atoms with E-state index in [2.05, 4.69) is 20.5 Å². The number of nitrogens with zero attached hydrogens (tertiary/aromatic N) is 2. The van der Waals surface area contributed by atoms with E-state index in [1.54, 1.807) is 27.7 Å². The lowest BCUT2D eigenvalue weighted by atomic mass is 9.73. The van der Waals surface area contributed by atoms with Crippen LogP contribution < -0.4 is 29.6 Å². The molecule has 1 unspecified atom stereocenters. The molecule has 8 rings (SSSR count). The van der Waals surface area contributed by atoms with E-state index in [-0.39, 0.29) is 31.9 Å². The van der Waals surface area contributed by atoms with Crippen molar-refractivity contribution in [2.45, 2.75) is 103 Å². The molecule has 0 radical (unpaired) electrons. The third-order valence-corrected chi connectivity index (χ3v) is 11.9. The molecule has 1 aromatic heterocycles. The van der Waals surface area contributed by atoms with Crippen LogP contribution in [0.3, 0.4) is 0 Å². The number of carbonyl (C=O) groups is 3. The summed E-state index contributed by atoms with van der Waals surface area (Å²) >= 11 is 0. The second kappa shape index (κ2) is 14.7. The van der Waals surface area contributed by atoms with E-state index in [0.29, 0.717) is 51.7 Å². The fraction of sp³-hybridized carbons (Fsp3) is 0.465. The average Bonchev–Trinajstić information content (AvgIpc) is 3.81. The standard InChI is InChI=1S/C43H51N5O10/c1-20-13-23-15-30-41(52)48-29(34(47(30)7)32(23)35(50)36(20)54-8)16-26-33(39-38(55-19-56-39)21(2)37(26)57-22(3)49)31(48)18-45-40(51)28(46-42(53)58-43(4,5)6)14-24-17-44-27-12-10-9-11-25(24)27/h9-13,17,28-31,34,41,44,50,52H,14-16,18-19H2,1-8H3,(H,45,51)(H,46,53)/t28-,29?,30+,31-,34-,41-/m0/s1. The van der Waals surface area contributed by atoms with E-state index in [1.165, 1.54) is 14.0 Å². The summed E-state index contributed by atoms with van der Waals surface area (Å²) in [5.74, 6) is 0.602. The van der Waals surface area contributed by atoms with Crippen LogP contribution in [0.4, 0.5) is 4.79 Å². The molecule has 15 nitrogen and oxygen atoms in total. The van der Waals surface area contributed by atoms with Gasteiger partial charge in [0.25, 0.3) is 0 Å². The van der Waals surface area contributed by atoms with Gasteiger partial charge in [0.1, 0.15) is 23.6 Å². The number of para-hydroxylation sites is 1. The lowest BCUT2D eigenvalue weighted by molar-refractivity contribution is -0.172. The number of carbonyl (C=O) groups excluding carboxylic acids is 3. The minimum absolute atomic E-state index is 0.0372. The Morgan fingerprint density at radius 3 is 2.52 bits per heavy atom. The predicted octanol–water partition coefficient (Wildman–Crippen LogP) is 4.60. The fourth-order valence-electron chi connectivity index (χ4n) is 9.62. The summed E-state index contributed by atoms with van der Waals surface area (Å²) in [5.41, 5.74) is 5.17. The van der Waals surface area contributed by atoms with Crippen molar-refractivity contribution in [1.29, 1.82) is 0 Å². The monoisotopic (exact) mass is 797 g/mol. The Kier molecular flexibility index (Phi) is 9.97. The molecule has 2 bridgehead atoms.